The molecule has 0 spiro atoms. The Bertz CT molecular complexity index is 600. The Kier molecular flexibility index (Phi) is 9.26. The van der Waals surface area contributed by atoms with E-state index in [2.05, 4.69) is 79.2 Å². The quantitative estimate of drug-likeness (QED) is 0.436. The first kappa shape index (κ1) is 21.4. The van der Waals surface area contributed by atoms with Gasteiger partial charge in [-0.05, 0) is 23.5 Å². The van der Waals surface area contributed by atoms with Crippen molar-refractivity contribution in [1.82, 2.24) is 10.2 Å². The van der Waals surface area contributed by atoms with Crippen molar-refractivity contribution in [3.05, 3.63) is 84.4 Å². The van der Waals surface area contributed by atoms with Crippen molar-refractivity contribution in [3.63, 3.8) is 0 Å². The van der Waals surface area contributed by atoms with Crippen LogP contribution in [0.3, 0.4) is 0 Å². The summed E-state index contributed by atoms with van der Waals surface area (Å²) in [4.78, 5) is 2.42. The van der Waals surface area contributed by atoms with Gasteiger partial charge in [0, 0.05) is 32.2 Å². The second-order valence-corrected chi connectivity index (χ2v) is 7.59. The van der Waals surface area contributed by atoms with Gasteiger partial charge in [-0.1, -0.05) is 80.6 Å². The molecule has 2 rings (SSSR count). The lowest BCUT2D eigenvalue weighted by Crippen LogP contribution is -2.47. The van der Waals surface area contributed by atoms with Gasteiger partial charge in [0.1, 0.15) is 0 Å². The minimum Gasteiger partial charge on any atom is -0.390 e. The number of rotatable bonds is 12. The SMILES string of the molecule is C=CCNC[C@H](O)[C@H](CC(C)C)N(Cc1ccccc1)Cc1ccccc1. The summed E-state index contributed by atoms with van der Waals surface area (Å²) in [6.07, 6.45) is 2.35. The lowest BCUT2D eigenvalue weighted by Gasteiger charge is -2.36. The Morgan fingerprint density at radius 3 is 1.93 bits per heavy atom. The number of aliphatic hydroxyl groups excluding tert-OH is 1. The average Bonchev–Trinajstić information content (AvgIpc) is 2.67. The number of hydrogen-bond donors (Lipinski definition) is 2. The molecule has 2 atom stereocenters. The molecule has 0 bridgehead atoms. The predicted octanol–water partition coefficient (Wildman–Crippen LogP) is 4.24. The molecule has 3 nitrogen and oxygen atoms in total. The van der Waals surface area contributed by atoms with Crippen molar-refractivity contribution in [2.45, 2.75) is 45.5 Å². The second kappa shape index (κ2) is 11.7. The van der Waals surface area contributed by atoms with Crippen molar-refractivity contribution < 1.29 is 5.11 Å². The van der Waals surface area contributed by atoms with E-state index < -0.39 is 6.10 Å². The summed E-state index contributed by atoms with van der Waals surface area (Å²) in [7, 11) is 0. The van der Waals surface area contributed by atoms with Gasteiger partial charge < -0.3 is 10.4 Å². The fourth-order valence-corrected chi connectivity index (χ4v) is 3.43. The minimum absolute atomic E-state index is 0.0859. The maximum atomic E-state index is 11.0. The molecule has 2 aromatic carbocycles. The third-order valence-corrected chi connectivity index (χ3v) is 4.73. The van der Waals surface area contributed by atoms with E-state index in [0.717, 1.165) is 19.5 Å². The highest BCUT2D eigenvalue weighted by molar-refractivity contribution is 5.17. The molecule has 0 saturated heterocycles. The van der Waals surface area contributed by atoms with Crippen molar-refractivity contribution in [2.24, 2.45) is 5.92 Å². The number of nitrogens with zero attached hydrogens (tertiary/aromatic N) is 1. The summed E-state index contributed by atoms with van der Waals surface area (Å²) in [5.41, 5.74) is 2.54. The molecule has 0 radical (unpaired) electrons. The summed E-state index contributed by atoms with van der Waals surface area (Å²) >= 11 is 0. The van der Waals surface area contributed by atoms with Gasteiger partial charge in [0.2, 0.25) is 0 Å². The minimum atomic E-state index is -0.431. The molecule has 0 heterocycles. The first-order chi connectivity index (χ1) is 13.1. The third kappa shape index (κ3) is 7.67. The fraction of sp³-hybridized carbons (Fsp3) is 0.417. The third-order valence-electron chi connectivity index (χ3n) is 4.73. The topological polar surface area (TPSA) is 35.5 Å². The van der Waals surface area contributed by atoms with Gasteiger partial charge in [-0.3, -0.25) is 4.90 Å². The van der Waals surface area contributed by atoms with Crippen LogP contribution >= 0.6 is 0 Å². The van der Waals surface area contributed by atoms with Crippen molar-refractivity contribution in [3.8, 4) is 0 Å². The Labute approximate surface area is 164 Å². The van der Waals surface area contributed by atoms with Crippen molar-refractivity contribution in [2.75, 3.05) is 13.1 Å². The van der Waals surface area contributed by atoms with Crippen LogP contribution in [0.5, 0.6) is 0 Å². The first-order valence-electron chi connectivity index (χ1n) is 9.91. The summed E-state index contributed by atoms with van der Waals surface area (Å²) in [5.74, 6) is 0.512. The molecule has 0 fully saturated rings. The predicted molar refractivity (Wildman–Crippen MR) is 114 cm³/mol. The standard InChI is InChI=1S/C24H34N2O/c1-4-15-25-17-24(27)23(16-20(2)3)26(18-21-11-7-5-8-12-21)19-22-13-9-6-10-14-22/h4-14,20,23-25,27H,1,15-19H2,2-3H3/t23-,24-/m0/s1. The number of hydrogen-bond acceptors (Lipinski definition) is 3. The number of aliphatic hydroxyl groups is 1. The van der Waals surface area contributed by atoms with Gasteiger partial charge in [-0.2, -0.15) is 0 Å². The van der Waals surface area contributed by atoms with E-state index in [-0.39, 0.29) is 6.04 Å². The molecule has 2 aromatic rings. The zero-order valence-electron chi connectivity index (χ0n) is 16.7. The Balaban J connectivity index is 2.22. The van der Waals surface area contributed by atoms with Gasteiger partial charge in [0.25, 0.3) is 0 Å². The fourth-order valence-electron chi connectivity index (χ4n) is 3.43. The van der Waals surface area contributed by atoms with Crippen LogP contribution in [0.1, 0.15) is 31.4 Å². The number of nitrogens with one attached hydrogen (secondary N) is 1. The average molecular weight is 367 g/mol. The van der Waals surface area contributed by atoms with Crippen molar-refractivity contribution in [1.29, 1.82) is 0 Å². The van der Waals surface area contributed by atoms with Crippen LogP contribution in [0.2, 0.25) is 0 Å². The highest BCUT2D eigenvalue weighted by atomic mass is 16.3. The highest BCUT2D eigenvalue weighted by Crippen LogP contribution is 2.21. The first-order valence-corrected chi connectivity index (χ1v) is 9.91. The molecule has 0 aromatic heterocycles. The maximum Gasteiger partial charge on any atom is 0.0819 e. The van der Waals surface area contributed by atoms with Gasteiger partial charge in [0.05, 0.1) is 6.10 Å². The summed E-state index contributed by atoms with van der Waals surface area (Å²) < 4.78 is 0. The normalized spacial score (nSPS) is 13.7. The molecule has 0 aliphatic rings. The largest absolute Gasteiger partial charge is 0.390 e. The zero-order chi connectivity index (χ0) is 19.5. The van der Waals surface area contributed by atoms with E-state index in [9.17, 15) is 5.11 Å². The number of benzene rings is 2. The molecule has 0 aliphatic carbocycles. The summed E-state index contributed by atoms with van der Waals surface area (Å²) in [6.45, 7) is 11.1. The van der Waals surface area contributed by atoms with E-state index >= 15 is 0 Å². The molecule has 0 saturated carbocycles. The lowest BCUT2D eigenvalue weighted by molar-refractivity contribution is 0.0286. The van der Waals surface area contributed by atoms with E-state index in [1.807, 2.05) is 18.2 Å². The molecule has 27 heavy (non-hydrogen) atoms. The van der Waals surface area contributed by atoms with E-state index in [0.29, 0.717) is 19.0 Å². The Morgan fingerprint density at radius 1 is 0.963 bits per heavy atom. The second-order valence-electron chi connectivity index (χ2n) is 7.59. The van der Waals surface area contributed by atoms with Crippen LogP contribution in [-0.2, 0) is 13.1 Å². The van der Waals surface area contributed by atoms with Crippen LogP contribution in [-0.4, -0.2) is 35.2 Å². The van der Waals surface area contributed by atoms with Gasteiger partial charge >= 0.3 is 0 Å². The van der Waals surface area contributed by atoms with Crippen LogP contribution in [0.4, 0.5) is 0 Å². The maximum absolute atomic E-state index is 11.0. The van der Waals surface area contributed by atoms with E-state index in [1.165, 1.54) is 11.1 Å². The molecule has 3 heteroatoms. The molecule has 146 valence electrons. The lowest BCUT2D eigenvalue weighted by atomic mass is 9.96. The van der Waals surface area contributed by atoms with Gasteiger partial charge in [-0.15, -0.1) is 6.58 Å². The Morgan fingerprint density at radius 2 is 1.48 bits per heavy atom. The van der Waals surface area contributed by atoms with Crippen LogP contribution in [0.25, 0.3) is 0 Å². The van der Waals surface area contributed by atoms with Crippen LogP contribution in [0, 0.1) is 5.92 Å². The smallest absolute Gasteiger partial charge is 0.0819 e. The molecule has 0 aliphatic heterocycles. The van der Waals surface area contributed by atoms with E-state index in [4.69, 9.17) is 0 Å². The van der Waals surface area contributed by atoms with Crippen LogP contribution < -0.4 is 5.32 Å². The van der Waals surface area contributed by atoms with Crippen LogP contribution in [0.15, 0.2) is 73.3 Å². The van der Waals surface area contributed by atoms with Crippen molar-refractivity contribution >= 4 is 0 Å². The molecular formula is C24H34N2O. The summed E-state index contributed by atoms with van der Waals surface area (Å²) in [6, 6.07) is 21.1. The summed E-state index contributed by atoms with van der Waals surface area (Å²) in [5, 5.41) is 14.2. The Hall–Kier alpha value is -1.94. The van der Waals surface area contributed by atoms with E-state index in [1.54, 1.807) is 0 Å². The van der Waals surface area contributed by atoms with Gasteiger partial charge in [-0.25, -0.2) is 0 Å². The molecule has 2 N–H and O–H groups in total. The molecule has 0 unspecified atom stereocenters. The highest BCUT2D eigenvalue weighted by Gasteiger charge is 2.27. The van der Waals surface area contributed by atoms with Gasteiger partial charge in [0.15, 0.2) is 0 Å². The monoisotopic (exact) mass is 366 g/mol. The molecular weight excluding hydrogens is 332 g/mol. The molecule has 0 amide bonds. The zero-order valence-corrected chi connectivity index (χ0v) is 16.7.